The first-order valence-electron chi connectivity index (χ1n) is 6.46. The molecular formula is C14H18ClN5. The standard InChI is InChI=1S/C14H18ClN5/c1-3-12-18-13(9(2)14(19-12)20-16)17-8-10-5-4-6-11(15)7-10/h4-7H,3,8,16H2,1-2H3,(H2,17,18,19,20). The van der Waals surface area contributed by atoms with Gasteiger partial charge in [-0.25, -0.2) is 15.8 Å². The number of nitrogens with one attached hydrogen (secondary N) is 2. The number of hydrazine groups is 1. The number of rotatable bonds is 5. The minimum Gasteiger partial charge on any atom is -0.366 e. The van der Waals surface area contributed by atoms with Gasteiger partial charge in [-0.05, 0) is 24.6 Å². The summed E-state index contributed by atoms with van der Waals surface area (Å²) >= 11 is 5.97. The van der Waals surface area contributed by atoms with E-state index in [2.05, 4.69) is 20.7 Å². The molecule has 6 heteroatoms. The number of nitrogens with two attached hydrogens (primary N) is 1. The Balaban J connectivity index is 2.20. The third-order valence-electron chi connectivity index (χ3n) is 2.99. The molecule has 0 aliphatic carbocycles. The number of benzene rings is 1. The predicted octanol–water partition coefficient (Wildman–Crippen LogP) is 2.90. The molecule has 0 spiro atoms. The number of aromatic nitrogens is 2. The molecule has 4 N–H and O–H groups in total. The van der Waals surface area contributed by atoms with E-state index >= 15 is 0 Å². The molecule has 0 atom stereocenters. The maximum Gasteiger partial charge on any atom is 0.148 e. The van der Waals surface area contributed by atoms with Crippen molar-refractivity contribution in [2.45, 2.75) is 26.8 Å². The molecule has 5 nitrogen and oxygen atoms in total. The summed E-state index contributed by atoms with van der Waals surface area (Å²) in [6.45, 7) is 4.58. The number of halogens is 1. The largest absolute Gasteiger partial charge is 0.366 e. The van der Waals surface area contributed by atoms with Gasteiger partial charge in [-0.2, -0.15) is 0 Å². The third-order valence-corrected chi connectivity index (χ3v) is 3.23. The minimum absolute atomic E-state index is 0.644. The SMILES string of the molecule is CCc1nc(NN)c(C)c(NCc2cccc(Cl)c2)n1. The first-order valence-corrected chi connectivity index (χ1v) is 6.84. The fraction of sp³-hybridized carbons (Fsp3) is 0.286. The number of hydrogen-bond donors (Lipinski definition) is 3. The summed E-state index contributed by atoms with van der Waals surface area (Å²) in [4.78, 5) is 8.82. The van der Waals surface area contributed by atoms with E-state index in [-0.39, 0.29) is 0 Å². The van der Waals surface area contributed by atoms with E-state index in [1.54, 1.807) is 0 Å². The highest BCUT2D eigenvalue weighted by Crippen LogP contribution is 2.20. The smallest absolute Gasteiger partial charge is 0.148 e. The van der Waals surface area contributed by atoms with Gasteiger partial charge in [0.2, 0.25) is 0 Å². The van der Waals surface area contributed by atoms with E-state index in [9.17, 15) is 0 Å². The molecule has 2 rings (SSSR count). The van der Waals surface area contributed by atoms with E-state index < -0.39 is 0 Å². The van der Waals surface area contributed by atoms with Gasteiger partial charge in [0.15, 0.2) is 0 Å². The first-order chi connectivity index (χ1) is 9.63. The molecule has 0 unspecified atom stereocenters. The molecule has 2 aromatic rings. The summed E-state index contributed by atoms with van der Waals surface area (Å²) in [5.41, 5.74) is 4.59. The number of anilines is 2. The van der Waals surface area contributed by atoms with Crippen LogP contribution in [-0.2, 0) is 13.0 Å². The average molecular weight is 292 g/mol. The van der Waals surface area contributed by atoms with Crippen LogP contribution in [0.1, 0.15) is 23.9 Å². The van der Waals surface area contributed by atoms with Gasteiger partial charge in [0.05, 0.1) is 0 Å². The second kappa shape index (κ2) is 6.54. The molecule has 106 valence electrons. The van der Waals surface area contributed by atoms with Crippen molar-refractivity contribution in [3.63, 3.8) is 0 Å². The fourth-order valence-electron chi connectivity index (χ4n) is 1.87. The monoisotopic (exact) mass is 291 g/mol. The van der Waals surface area contributed by atoms with Crippen molar-refractivity contribution in [3.8, 4) is 0 Å². The van der Waals surface area contributed by atoms with Crippen LogP contribution in [0.15, 0.2) is 24.3 Å². The lowest BCUT2D eigenvalue weighted by molar-refractivity contribution is 0.921. The summed E-state index contributed by atoms with van der Waals surface area (Å²) in [6, 6.07) is 7.72. The summed E-state index contributed by atoms with van der Waals surface area (Å²) in [7, 11) is 0. The summed E-state index contributed by atoms with van der Waals surface area (Å²) in [6.07, 6.45) is 0.751. The lowest BCUT2D eigenvalue weighted by atomic mass is 10.2. The highest BCUT2D eigenvalue weighted by Gasteiger charge is 2.09. The van der Waals surface area contributed by atoms with Crippen LogP contribution in [0, 0.1) is 6.92 Å². The number of nitrogens with zero attached hydrogens (tertiary/aromatic N) is 2. The molecule has 1 aromatic carbocycles. The van der Waals surface area contributed by atoms with Crippen molar-refractivity contribution in [2.75, 3.05) is 10.7 Å². The molecule has 0 fully saturated rings. The second-order valence-electron chi connectivity index (χ2n) is 4.44. The molecule has 0 amide bonds. The van der Waals surface area contributed by atoms with Crippen molar-refractivity contribution in [1.29, 1.82) is 0 Å². The summed E-state index contributed by atoms with van der Waals surface area (Å²) in [5, 5.41) is 4.02. The summed E-state index contributed by atoms with van der Waals surface area (Å²) in [5.74, 6) is 7.66. The number of hydrogen-bond acceptors (Lipinski definition) is 5. The van der Waals surface area contributed by atoms with E-state index in [4.69, 9.17) is 17.4 Å². The van der Waals surface area contributed by atoms with Crippen molar-refractivity contribution in [3.05, 3.63) is 46.2 Å². The first kappa shape index (κ1) is 14.6. The zero-order valence-electron chi connectivity index (χ0n) is 11.6. The van der Waals surface area contributed by atoms with Gasteiger partial charge in [-0.3, -0.25) is 0 Å². The van der Waals surface area contributed by atoms with Crippen LogP contribution < -0.4 is 16.6 Å². The van der Waals surface area contributed by atoms with E-state index in [1.807, 2.05) is 38.1 Å². The molecule has 0 bridgehead atoms. The molecular weight excluding hydrogens is 274 g/mol. The van der Waals surface area contributed by atoms with Crippen LogP contribution in [0.2, 0.25) is 5.02 Å². The molecule has 0 radical (unpaired) electrons. The zero-order valence-corrected chi connectivity index (χ0v) is 12.3. The van der Waals surface area contributed by atoms with Crippen LogP contribution in [0.5, 0.6) is 0 Å². The molecule has 1 aromatic heterocycles. The van der Waals surface area contributed by atoms with E-state index in [0.29, 0.717) is 12.4 Å². The van der Waals surface area contributed by atoms with Crippen molar-refractivity contribution < 1.29 is 0 Å². The Bertz CT molecular complexity index is 600. The van der Waals surface area contributed by atoms with E-state index in [0.717, 1.165) is 34.2 Å². The lowest BCUT2D eigenvalue weighted by Crippen LogP contribution is -2.14. The molecule has 0 aliphatic heterocycles. The van der Waals surface area contributed by atoms with Gasteiger partial charge in [0.1, 0.15) is 17.5 Å². The highest BCUT2D eigenvalue weighted by molar-refractivity contribution is 6.30. The minimum atomic E-state index is 0.644. The lowest BCUT2D eigenvalue weighted by Gasteiger charge is -2.13. The molecule has 1 heterocycles. The predicted molar refractivity (Wildman–Crippen MR) is 82.7 cm³/mol. The van der Waals surface area contributed by atoms with Crippen molar-refractivity contribution in [1.82, 2.24) is 9.97 Å². The Morgan fingerprint density at radius 2 is 2.00 bits per heavy atom. The molecule has 0 aliphatic rings. The average Bonchev–Trinajstić information content (AvgIpc) is 2.46. The fourth-order valence-corrected chi connectivity index (χ4v) is 2.08. The van der Waals surface area contributed by atoms with Gasteiger partial charge in [-0.1, -0.05) is 30.7 Å². The van der Waals surface area contributed by atoms with Crippen LogP contribution in [0.3, 0.4) is 0 Å². The van der Waals surface area contributed by atoms with Gasteiger partial charge in [0.25, 0.3) is 0 Å². The maximum absolute atomic E-state index is 5.97. The van der Waals surface area contributed by atoms with Crippen molar-refractivity contribution >= 4 is 23.2 Å². The molecule has 20 heavy (non-hydrogen) atoms. The Morgan fingerprint density at radius 1 is 1.25 bits per heavy atom. The normalized spacial score (nSPS) is 10.4. The van der Waals surface area contributed by atoms with Crippen LogP contribution in [-0.4, -0.2) is 9.97 Å². The number of aryl methyl sites for hydroxylation is 1. The zero-order chi connectivity index (χ0) is 14.5. The quantitative estimate of drug-likeness (QED) is 0.583. The third kappa shape index (κ3) is 3.37. The Morgan fingerprint density at radius 3 is 2.65 bits per heavy atom. The second-order valence-corrected chi connectivity index (χ2v) is 4.88. The van der Waals surface area contributed by atoms with Crippen LogP contribution >= 0.6 is 11.6 Å². The van der Waals surface area contributed by atoms with Gasteiger partial charge in [0, 0.05) is 23.6 Å². The topological polar surface area (TPSA) is 75.9 Å². The van der Waals surface area contributed by atoms with Gasteiger partial charge in [-0.15, -0.1) is 0 Å². The van der Waals surface area contributed by atoms with Crippen LogP contribution in [0.4, 0.5) is 11.6 Å². The van der Waals surface area contributed by atoms with Gasteiger partial charge < -0.3 is 10.7 Å². The molecule has 0 saturated carbocycles. The van der Waals surface area contributed by atoms with Crippen LogP contribution in [0.25, 0.3) is 0 Å². The number of nitrogen functional groups attached to an aromatic ring is 1. The Labute approximate surface area is 123 Å². The Kier molecular flexibility index (Phi) is 4.76. The Hall–Kier alpha value is -1.85. The van der Waals surface area contributed by atoms with E-state index in [1.165, 1.54) is 0 Å². The molecule has 0 saturated heterocycles. The van der Waals surface area contributed by atoms with Gasteiger partial charge >= 0.3 is 0 Å². The maximum atomic E-state index is 5.97. The summed E-state index contributed by atoms with van der Waals surface area (Å²) < 4.78 is 0. The highest BCUT2D eigenvalue weighted by atomic mass is 35.5. The van der Waals surface area contributed by atoms with Crippen molar-refractivity contribution in [2.24, 2.45) is 5.84 Å².